The molecule has 0 fully saturated rings. The SMILES string of the molecule is O=C(OS(=O)C(c1ccccc1)c1ccccc1)c1ccccc1. The van der Waals surface area contributed by atoms with E-state index < -0.39 is 22.3 Å². The number of hydrogen-bond donors (Lipinski definition) is 0. The Hall–Kier alpha value is -2.72. The predicted octanol–water partition coefficient (Wildman–Crippen LogP) is 4.30. The first-order valence-corrected chi connectivity index (χ1v) is 8.67. The molecule has 0 saturated carbocycles. The van der Waals surface area contributed by atoms with Crippen molar-refractivity contribution in [1.82, 2.24) is 0 Å². The van der Waals surface area contributed by atoms with Gasteiger partial charge < -0.3 is 4.18 Å². The average Bonchev–Trinajstić information content (AvgIpc) is 2.64. The molecule has 0 N–H and O–H groups in total. The molecule has 3 aromatic rings. The molecule has 1 unspecified atom stereocenters. The molecule has 0 aromatic heterocycles. The van der Waals surface area contributed by atoms with E-state index in [4.69, 9.17) is 4.18 Å². The Balaban J connectivity index is 1.89. The molecule has 0 radical (unpaired) electrons. The molecule has 0 saturated heterocycles. The Labute approximate surface area is 143 Å². The van der Waals surface area contributed by atoms with Crippen LogP contribution < -0.4 is 0 Å². The molecule has 0 aliphatic carbocycles. The first-order chi connectivity index (χ1) is 11.8. The number of rotatable bonds is 5. The molecule has 1 atom stereocenters. The molecule has 0 amide bonds. The summed E-state index contributed by atoms with van der Waals surface area (Å²) >= 11 is -1.84. The van der Waals surface area contributed by atoms with E-state index in [2.05, 4.69) is 0 Å². The minimum atomic E-state index is -1.84. The fourth-order valence-electron chi connectivity index (χ4n) is 2.42. The summed E-state index contributed by atoms with van der Waals surface area (Å²) in [4.78, 5) is 12.2. The van der Waals surface area contributed by atoms with Crippen molar-refractivity contribution in [3.63, 3.8) is 0 Å². The van der Waals surface area contributed by atoms with E-state index >= 15 is 0 Å². The second-order valence-corrected chi connectivity index (χ2v) is 6.36. The Morgan fingerprint density at radius 1 is 0.708 bits per heavy atom. The molecule has 0 aliphatic rings. The Morgan fingerprint density at radius 3 is 1.58 bits per heavy atom. The molecular weight excluding hydrogens is 320 g/mol. The standard InChI is InChI=1S/C20H16O3S/c21-20(18-14-8-3-9-15-18)23-24(22)19(16-10-4-1-5-11-16)17-12-6-2-7-13-17/h1-15,19H. The van der Waals surface area contributed by atoms with Crippen LogP contribution in [-0.4, -0.2) is 10.2 Å². The van der Waals surface area contributed by atoms with Gasteiger partial charge in [0.1, 0.15) is 5.25 Å². The zero-order valence-corrected chi connectivity index (χ0v) is 13.7. The van der Waals surface area contributed by atoms with Crippen LogP contribution in [0.3, 0.4) is 0 Å². The predicted molar refractivity (Wildman–Crippen MR) is 94.7 cm³/mol. The molecule has 4 heteroatoms. The van der Waals surface area contributed by atoms with Crippen LogP contribution in [0.5, 0.6) is 0 Å². The molecule has 3 aromatic carbocycles. The summed E-state index contributed by atoms with van der Waals surface area (Å²) in [7, 11) is 0. The van der Waals surface area contributed by atoms with Gasteiger partial charge in [-0.1, -0.05) is 78.9 Å². The largest absolute Gasteiger partial charge is 0.359 e. The van der Waals surface area contributed by atoms with Gasteiger partial charge in [0.05, 0.1) is 5.56 Å². The van der Waals surface area contributed by atoms with Crippen molar-refractivity contribution in [2.75, 3.05) is 0 Å². The first-order valence-electron chi connectivity index (χ1n) is 7.54. The van der Waals surface area contributed by atoms with Crippen LogP contribution in [0.15, 0.2) is 91.0 Å². The van der Waals surface area contributed by atoms with Crippen LogP contribution in [0, 0.1) is 0 Å². The molecule has 120 valence electrons. The van der Waals surface area contributed by atoms with Crippen LogP contribution in [0.2, 0.25) is 0 Å². The topological polar surface area (TPSA) is 43.4 Å². The Kier molecular flexibility index (Phi) is 5.18. The van der Waals surface area contributed by atoms with E-state index in [1.807, 2.05) is 66.7 Å². The minimum absolute atomic E-state index is 0.380. The van der Waals surface area contributed by atoms with Gasteiger partial charge >= 0.3 is 5.97 Å². The van der Waals surface area contributed by atoms with Gasteiger partial charge in [0, 0.05) is 0 Å². The second kappa shape index (κ2) is 7.70. The van der Waals surface area contributed by atoms with Gasteiger partial charge in [-0.05, 0) is 23.3 Å². The molecule has 24 heavy (non-hydrogen) atoms. The normalized spacial score (nSPS) is 11.9. The molecule has 0 spiro atoms. The highest BCUT2D eigenvalue weighted by molar-refractivity contribution is 7.81. The van der Waals surface area contributed by atoms with Gasteiger partial charge in [-0.25, -0.2) is 9.00 Å². The molecule has 0 bridgehead atoms. The maximum Gasteiger partial charge on any atom is 0.352 e. The second-order valence-electron chi connectivity index (χ2n) is 5.20. The molecule has 0 heterocycles. The summed E-state index contributed by atoms with van der Waals surface area (Å²) < 4.78 is 18.0. The van der Waals surface area contributed by atoms with Gasteiger partial charge in [-0.3, -0.25) is 0 Å². The van der Waals surface area contributed by atoms with E-state index in [1.165, 1.54) is 0 Å². The highest BCUT2D eigenvalue weighted by atomic mass is 32.2. The van der Waals surface area contributed by atoms with Crippen molar-refractivity contribution in [3.8, 4) is 0 Å². The highest BCUT2D eigenvalue weighted by Gasteiger charge is 2.25. The van der Waals surface area contributed by atoms with Crippen LogP contribution >= 0.6 is 0 Å². The van der Waals surface area contributed by atoms with E-state index in [-0.39, 0.29) is 0 Å². The monoisotopic (exact) mass is 336 g/mol. The summed E-state index contributed by atoms with van der Waals surface area (Å²) in [5, 5.41) is -0.528. The van der Waals surface area contributed by atoms with Crippen molar-refractivity contribution >= 4 is 17.0 Å². The highest BCUT2D eigenvalue weighted by Crippen LogP contribution is 2.29. The third-order valence-electron chi connectivity index (χ3n) is 3.56. The van der Waals surface area contributed by atoms with Gasteiger partial charge in [-0.15, -0.1) is 0 Å². The third kappa shape index (κ3) is 3.78. The Bertz CT molecular complexity index is 778. The van der Waals surface area contributed by atoms with Crippen molar-refractivity contribution in [2.24, 2.45) is 0 Å². The van der Waals surface area contributed by atoms with Gasteiger partial charge in [0.15, 0.2) is 0 Å². The summed E-state index contributed by atoms with van der Waals surface area (Å²) in [5.41, 5.74) is 2.05. The van der Waals surface area contributed by atoms with E-state index in [1.54, 1.807) is 24.3 Å². The maximum absolute atomic E-state index is 12.8. The van der Waals surface area contributed by atoms with Gasteiger partial charge in [-0.2, -0.15) is 0 Å². The lowest BCUT2D eigenvalue weighted by molar-refractivity contribution is 0.0756. The number of carbonyl (C=O) groups is 1. The third-order valence-corrected chi connectivity index (χ3v) is 4.81. The lowest BCUT2D eigenvalue weighted by Gasteiger charge is -2.16. The van der Waals surface area contributed by atoms with E-state index in [0.717, 1.165) is 11.1 Å². The molecule has 3 nitrogen and oxygen atoms in total. The molecule has 3 rings (SSSR count). The average molecular weight is 336 g/mol. The summed E-state index contributed by atoms with van der Waals surface area (Å²) in [6.45, 7) is 0. The van der Waals surface area contributed by atoms with Crippen molar-refractivity contribution < 1.29 is 13.2 Å². The number of hydrogen-bond acceptors (Lipinski definition) is 3. The summed E-state index contributed by atoms with van der Waals surface area (Å²) in [6.07, 6.45) is 0. The summed E-state index contributed by atoms with van der Waals surface area (Å²) in [5.74, 6) is -0.592. The number of benzene rings is 3. The van der Waals surface area contributed by atoms with Crippen LogP contribution in [0.25, 0.3) is 0 Å². The van der Waals surface area contributed by atoms with E-state index in [9.17, 15) is 9.00 Å². The van der Waals surface area contributed by atoms with Gasteiger partial charge in [0.2, 0.25) is 11.1 Å². The van der Waals surface area contributed by atoms with Crippen molar-refractivity contribution in [3.05, 3.63) is 108 Å². The summed E-state index contributed by atoms with van der Waals surface area (Å²) in [6, 6.07) is 27.4. The maximum atomic E-state index is 12.8. The van der Waals surface area contributed by atoms with Crippen molar-refractivity contribution in [2.45, 2.75) is 5.25 Å². The molecule has 0 aliphatic heterocycles. The quantitative estimate of drug-likeness (QED) is 0.698. The van der Waals surface area contributed by atoms with Crippen molar-refractivity contribution in [1.29, 1.82) is 0 Å². The van der Waals surface area contributed by atoms with Crippen LogP contribution in [0.4, 0.5) is 0 Å². The molecular formula is C20H16O3S. The zero-order valence-electron chi connectivity index (χ0n) is 12.9. The fraction of sp³-hybridized carbons (Fsp3) is 0.0500. The Morgan fingerprint density at radius 2 is 1.12 bits per heavy atom. The number of carbonyl (C=O) groups excluding carboxylic acids is 1. The van der Waals surface area contributed by atoms with Gasteiger partial charge in [0.25, 0.3) is 0 Å². The zero-order chi connectivity index (χ0) is 16.8. The van der Waals surface area contributed by atoms with Crippen LogP contribution in [-0.2, 0) is 15.3 Å². The lowest BCUT2D eigenvalue weighted by atomic mass is 10.0. The lowest BCUT2D eigenvalue weighted by Crippen LogP contribution is -2.15. The smallest absolute Gasteiger partial charge is 0.352 e. The minimum Gasteiger partial charge on any atom is -0.359 e. The van der Waals surface area contributed by atoms with E-state index in [0.29, 0.717) is 5.56 Å². The first kappa shape index (κ1) is 16.1. The van der Waals surface area contributed by atoms with Crippen LogP contribution in [0.1, 0.15) is 26.7 Å². The fourth-order valence-corrected chi connectivity index (χ4v) is 3.52.